The molecule has 136 valence electrons. The number of hydrogen-bond acceptors (Lipinski definition) is 4. The van der Waals surface area contributed by atoms with Crippen molar-refractivity contribution in [1.82, 2.24) is 9.80 Å². The molecule has 2 rings (SSSR count). The van der Waals surface area contributed by atoms with Gasteiger partial charge in [-0.1, -0.05) is 30.3 Å². The minimum absolute atomic E-state index is 0.321. The van der Waals surface area contributed by atoms with Crippen LogP contribution < -0.4 is 0 Å². The zero-order chi connectivity index (χ0) is 18.4. The van der Waals surface area contributed by atoms with Gasteiger partial charge in [-0.3, -0.25) is 0 Å². The summed E-state index contributed by atoms with van der Waals surface area (Å²) >= 11 is 0. The van der Waals surface area contributed by atoms with Crippen LogP contribution in [0.1, 0.15) is 26.3 Å². The Morgan fingerprint density at radius 2 is 1.56 bits per heavy atom. The Morgan fingerprint density at radius 3 is 2.08 bits per heavy atom. The fourth-order valence-corrected chi connectivity index (χ4v) is 2.46. The van der Waals surface area contributed by atoms with Crippen LogP contribution in [0.25, 0.3) is 0 Å². The van der Waals surface area contributed by atoms with Crippen molar-refractivity contribution in [2.75, 3.05) is 33.3 Å². The van der Waals surface area contributed by atoms with Crippen molar-refractivity contribution >= 4 is 18.0 Å². The second-order valence-corrected chi connectivity index (χ2v) is 6.73. The fourth-order valence-electron chi connectivity index (χ4n) is 2.46. The van der Waals surface area contributed by atoms with Crippen molar-refractivity contribution < 1.29 is 19.1 Å². The third-order valence-electron chi connectivity index (χ3n) is 3.63. The monoisotopic (exact) mass is 347 g/mol. The summed E-state index contributed by atoms with van der Waals surface area (Å²) in [5.74, 6) is 0.552. The molecule has 0 unspecified atom stereocenters. The Bertz CT molecular complexity index is 629. The molecule has 25 heavy (non-hydrogen) atoms. The number of nitrogens with zero attached hydrogens (tertiary/aromatic N) is 3. The van der Waals surface area contributed by atoms with Gasteiger partial charge in [-0.15, -0.1) is 0 Å². The van der Waals surface area contributed by atoms with Gasteiger partial charge in [0.2, 0.25) is 0 Å². The third-order valence-corrected chi connectivity index (χ3v) is 3.63. The van der Waals surface area contributed by atoms with Gasteiger partial charge in [-0.25, -0.2) is 9.59 Å². The molecule has 0 spiro atoms. The molecule has 0 bridgehead atoms. The number of carbonyl (C=O) groups is 2. The van der Waals surface area contributed by atoms with Crippen LogP contribution in [0.15, 0.2) is 35.3 Å². The second-order valence-electron chi connectivity index (χ2n) is 6.73. The van der Waals surface area contributed by atoms with E-state index in [1.807, 2.05) is 56.0 Å². The van der Waals surface area contributed by atoms with Gasteiger partial charge in [0.1, 0.15) is 11.4 Å². The molecule has 0 N–H and O–H groups in total. The number of rotatable bonds is 1. The van der Waals surface area contributed by atoms with E-state index >= 15 is 0 Å². The van der Waals surface area contributed by atoms with Crippen molar-refractivity contribution in [1.29, 1.82) is 0 Å². The number of methoxy groups -OCH3 is 1. The summed E-state index contributed by atoms with van der Waals surface area (Å²) in [5, 5.41) is 0. The number of amides is 2. The number of carbonyl (C=O) groups excluding carboxylic acids is 2. The SMILES string of the molecule is COC(=O)/N=C(\c1ccccc1)N1CCN(C(=O)OC(C)(C)C)CC1. The van der Waals surface area contributed by atoms with Crippen LogP contribution in [0.3, 0.4) is 0 Å². The van der Waals surface area contributed by atoms with E-state index in [2.05, 4.69) is 9.73 Å². The molecule has 1 saturated heterocycles. The van der Waals surface area contributed by atoms with Crippen LogP contribution in [-0.4, -0.2) is 66.7 Å². The van der Waals surface area contributed by atoms with Crippen LogP contribution in [0.4, 0.5) is 9.59 Å². The first-order valence-electron chi connectivity index (χ1n) is 8.25. The van der Waals surface area contributed by atoms with Gasteiger partial charge in [0, 0.05) is 31.7 Å². The van der Waals surface area contributed by atoms with E-state index < -0.39 is 11.7 Å². The Hall–Kier alpha value is -2.57. The number of hydrogen-bond donors (Lipinski definition) is 0. The van der Waals surface area contributed by atoms with E-state index in [-0.39, 0.29) is 6.09 Å². The molecule has 1 aliphatic heterocycles. The summed E-state index contributed by atoms with van der Waals surface area (Å²) in [6.45, 7) is 7.66. The van der Waals surface area contributed by atoms with Crippen molar-refractivity contribution in [3.63, 3.8) is 0 Å². The average Bonchev–Trinajstić information content (AvgIpc) is 2.59. The lowest BCUT2D eigenvalue weighted by molar-refractivity contribution is 0.0187. The molecule has 1 aromatic rings. The lowest BCUT2D eigenvalue weighted by atomic mass is 10.1. The van der Waals surface area contributed by atoms with Gasteiger partial charge in [-0.2, -0.15) is 4.99 Å². The molecule has 1 heterocycles. The Labute approximate surface area is 148 Å². The van der Waals surface area contributed by atoms with Gasteiger partial charge in [0.25, 0.3) is 0 Å². The Balaban J connectivity index is 2.09. The fraction of sp³-hybridized carbons (Fsp3) is 0.500. The minimum Gasteiger partial charge on any atom is -0.451 e. The smallest absolute Gasteiger partial charge is 0.435 e. The van der Waals surface area contributed by atoms with Gasteiger partial charge in [0.05, 0.1) is 7.11 Å². The summed E-state index contributed by atoms with van der Waals surface area (Å²) < 4.78 is 10.1. The van der Waals surface area contributed by atoms with Gasteiger partial charge >= 0.3 is 12.2 Å². The van der Waals surface area contributed by atoms with Crippen LogP contribution in [0.2, 0.25) is 0 Å². The van der Waals surface area contributed by atoms with Gasteiger partial charge < -0.3 is 19.3 Å². The molecule has 2 amide bonds. The van der Waals surface area contributed by atoms with E-state index in [1.54, 1.807) is 4.90 Å². The largest absolute Gasteiger partial charge is 0.451 e. The molecular weight excluding hydrogens is 322 g/mol. The second kappa shape index (κ2) is 8.00. The number of piperazine rings is 1. The zero-order valence-electron chi connectivity index (χ0n) is 15.2. The molecule has 0 radical (unpaired) electrons. The molecule has 1 aliphatic rings. The highest BCUT2D eigenvalue weighted by atomic mass is 16.6. The molecule has 0 saturated carbocycles. The quantitative estimate of drug-likeness (QED) is 0.577. The summed E-state index contributed by atoms with van der Waals surface area (Å²) in [6, 6.07) is 9.46. The third kappa shape index (κ3) is 5.48. The highest BCUT2D eigenvalue weighted by molar-refractivity contribution is 6.03. The highest BCUT2D eigenvalue weighted by Crippen LogP contribution is 2.14. The number of ether oxygens (including phenoxy) is 2. The molecule has 7 nitrogen and oxygen atoms in total. The van der Waals surface area contributed by atoms with Crippen molar-refractivity contribution in [3.05, 3.63) is 35.9 Å². The van der Waals surface area contributed by atoms with Crippen molar-refractivity contribution in [3.8, 4) is 0 Å². The maximum absolute atomic E-state index is 12.2. The normalized spacial score (nSPS) is 15.8. The minimum atomic E-state index is -0.645. The predicted molar refractivity (Wildman–Crippen MR) is 94.8 cm³/mol. The summed E-state index contributed by atoms with van der Waals surface area (Å²) in [7, 11) is 1.30. The molecule has 1 fully saturated rings. The van der Waals surface area contributed by atoms with E-state index in [0.717, 1.165) is 5.56 Å². The topological polar surface area (TPSA) is 71.4 Å². The van der Waals surface area contributed by atoms with Crippen molar-refractivity contribution in [2.45, 2.75) is 26.4 Å². The van der Waals surface area contributed by atoms with Crippen LogP contribution in [-0.2, 0) is 9.47 Å². The lowest BCUT2D eigenvalue weighted by Gasteiger charge is -2.37. The van der Waals surface area contributed by atoms with E-state index in [4.69, 9.17) is 4.74 Å². The Kier molecular flexibility index (Phi) is 6.01. The van der Waals surface area contributed by atoms with E-state index in [9.17, 15) is 9.59 Å². The molecule has 0 atom stereocenters. The molecule has 0 aromatic heterocycles. The van der Waals surface area contributed by atoms with Crippen molar-refractivity contribution in [2.24, 2.45) is 4.99 Å². The molecule has 1 aromatic carbocycles. The average molecular weight is 347 g/mol. The maximum Gasteiger partial charge on any atom is 0.435 e. The summed E-state index contributed by atoms with van der Waals surface area (Å²) in [5.41, 5.74) is 0.314. The van der Waals surface area contributed by atoms with Crippen LogP contribution in [0, 0.1) is 0 Å². The van der Waals surface area contributed by atoms with Gasteiger partial charge in [0.15, 0.2) is 0 Å². The number of aliphatic imine (C=N–C) groups is 1. The standard InChI is InChI=1S/C18H25N3O4/c1-18(2,3)25-17(23)21-12-10-20(11-13-21)15(19-16(22)24-4)14-8-6-5-7-9-14/h5-9H,10-13H2,1-4H3/b19-15+. The first kappa shape index (κ1) is 18.8. The summed E-state index contributed by atoms with van der Waals surface area (Å²) in [6.07, 6.45) is -0.966. The highest BCUT2D eigenvalue weighted by Gasteiger charge is 2.27. The number of amidine groups is 1. The van der Waals surface area contributed by atoms with Crippen LogP contribution in [0.5, 0.6) is 0 Å². The Morgan fingerprint density at radius 1 is 1.00 bits per heavy atom. The first-order chi connectivity index (χ1) is 11.8. The molecule has 7 heteroatoms. The van der Waals surface area contributed by atoms with E-state index in [0.29, 0.717) is 32.0 Å². The predicted octanol–water partition coefficient (Wildman–Crippen LogP) is 2.75. The zero-order valence-corrected chi connectivity index (χ0v) is 15.2. The summed E-state index contributed by atoms with van der Waals surface area (Å²) in [4.78, 5) is 31.5. The molecular formula is C18H25N3O4. The van der Waals surface area contributed by atoms with Crippen LogP contribution >= 0.6 is 0 Å². The van der Waals surface area contributed by atoms with E-state index in [1.165, 1.54) is 7.11 Å². The maximum atomic E-state index is 12.2. The molecule has 0 aliphatic carbocycles. The first-order valence-corrected chi connectivity index (χ1v) is 8.25. The lowest BCUT2D eigenvalue weighted by Crippen LogP contribution is -2.52. The number of benzene rings is 1. The van der Waals surface area contributed by atoms with Gasteiger partial charge in [-0.05, 0) is 20.8 Å².